The van der Waals surface area contributed by atoms with Crippen molar-refractivity contribution in [2.45, 2.75) is 45.8 Å². The van der Waals surface area contributed by atoms with E-state index in [1.165, 1.54) is 4.90 Å². The highest BCUT2D eigenvalue weighted by Gasteiger charge is 2.32. The van der Waals surface area contributed by atoms with E-state index in [0.29, 0.717) is 21.0 Å². The first-order chi connectivity index (χ1) is 16.2. The van der Waals surface area contributed by atoms with Gasteiger partial charge in [-0.1, -0.05) is 36.2 Å². The largest absolute Gasteiger partial charge is 0.352 e. The Labute approximate surface area is 214 Å². The third kappa shape index (κ3) is 7.78. The molecule has 0 unspecified atom stereocenters. The number of amides is 2. The Bertz CT molecular complexity index is 1200. The molecule has 0 saturated heterocycles. The van der Waals surface area contributed by atoms with Gasteiger partial charge in [0.2, 0.25) is 21.8 Å². The van der Waals surface area contributed by atoms with Gasteiger partial charge in [0, 0.05) is 18.7 Å². The van der Waals surface area contributed by atoms with Gasteiger partial charge in [-0.15, -0.1) is 0 Å². The molecule has 192 valence electrons. The van der Waals surface area contributed by atoms with Crippen LogP contribution < -0.4 is 9.62 Å². The van der Waals surface area contributed by atoms with E-state index in [0.717, 1.165) is 18.4 Å². The van der Waals surface area contributed by atoms with E-state index in [9.17, 15) is 26.8 Å². The van der Waals surface area contributed by atoms with Crippen molar-refractivity contribution in [1.29, 1.82) is 0 Å². The molecule has 2 rings (SSSR count). The van der Waals surface area contributed by atoms with Crippen molar-refractivity contribution >= 4 is 50.7 Å². The minimum absolute atomic E-state index is 0.0743. The number of carbonyl (C=O) groups is 2. The number of halogens is 4. The standard InChI is InChI=1S/C23H27Cl2F2N3O4S/c1-5-21(23(32)28-14(2)3)29(12-15-6-8-17(24)18(25)10-15)22(31)13-30(35(4,33)34)16-7-9-19(26)20(27)11-16/h6-11,14,21H,5,12-13H2,1-4H3,(H,28,32)/t21-/m0/s1. The number of nitrogens with zero attached hydrogens (tertiary/aromatic N) is 2. The van der Waals surface area contributed by atoms with Gasteiger partial charge in [0.05, 0.1) is 22.0 Å². The van der Waals surface area contributed by atoms with E-state index in [1.807, 2.05) is 0 Å². The highest BCUT2D eigenvalue weighted by atomic mass is 35.5. The van der Waals surface area contributed by atoms with Crippen LogP contribution in [-0.4, -0.2) is 50.0 Å². The lowest BCUT2D eigenvalue weighted by atomic mass is 10.1. The van der Waals surface area contributed by atoms with Crippen molar-refractivity contribution in [2.75, 3.05) is 17.1 Å². The fraction of sp³-hybridized carbons (Fsp3) is 0.391. The Morgan fingerprint density at radius 3 is 2.20 bits per heavy atom. The topological polar surface area (TPSA) is 86.8 Å². The van der Waals surface area contributed by atoms with Crippen LogP contribution in [0.1, 0.15) is 32.8 Å². The molecule has 1 N–H and O–H groups in total. The highest BCUT2D eigenvalue weighted by Crippen LogP contribution is 2.25. The van der Waals surface area contributed by atoms with Crippen LogP contribution >= 0.6 is 23.2 Å². The minimum Gasteiger partial charge on any atom is -0.352 e. The van der Waals surface area contributed by atoms with E-state index < -0.39 is 46.1 Å². The number of sulfonamides is 1. The summed E-state index contributed by atoms with van der Waals surface area (Å²) in [6.07, 6.45) is 1.07. The number of nitrogens with one attached hydrogen (secondary N) is 1. The van der Waals surface area contributed by atoms with Gasteiger partial charge in [0.1, 0.15) is 12.6 Å². The first kappa shape index (κ1) is 28.8. The summed E-state index contributed by atoms with van der Waals surface area (Å²) >= 11 is 12.1. The maximum absolute atomic E-state index is 13.8. The van der Waals surface area contributed by atoms with E-state index in [4.69, 9.17) is 23.2 Å². The lowest BCUT2D eigenvalue weighted by Gasteiger charge is -2.33. The molecule has 2 amide bonds. The minimum atomic E-state index is -4.08. The van der Waals surface area contributed by atoms with E-state index in [-0.39, 0.29) is 29.7 Å². The van der Waals surface area contributed by atoms with Gasteiger partial charge in [0.25, 0.3) is 0 Å². The molecule has 0 aliphatic carbocycles. The number of anilines is 1. The van der Waals surface area contributed by atoms with Crippen molar-refractivity contribution in [2.24, 2.45) is 0 Å². The molecule has 35 heavy (non-hydrogen) atoms. The molecule has 0 bridgehead atoms. The van der Waals surface area contributed by atoms with Gasteiger partial charge in [-0.05, 0) is 50.1 Å². The molecular weight excluding hydrogens is 523 g/mol. The molecule has 1 atom stereocenters. The maximum atomic E-state index is 13.8. The van der Waals surface area contributed by atoms with E-state index in [2.05, 4.69) is 5.32 Å². The maximum Gasteiger partial charge on any atom is 0.244 e. The summed E-state index contributed by atoms with van der Waals surface area (Å²) in [5, 5.41) is 3.31. The summed E-state index contributed by atoms with van der Waals surface area (Å²) in [7, 11) is -4.08. The van der Waals surface area contributed by atoms with Crippen LogP contribution in [0.3, 0.4) is 0 Å². The van der Waals surface area contributed by atoms with Crippen molar-refractivity contribution in [3.63, 3.8) is 0 Å². The molecule has 0 radical (unpaired) electrons. The Morgan fingerprint density at radius 1 is 1.03 bits per heavy atom. The summed E-state index contributed by atoms with van der Waals surface area (Å²) in [6.45, 7) is 4.43. The van der Waals surface area contributed by atoms with Gasteiger partial charge in [-0.2, -0.15) is 0 Å². The lowest BCUT2D eigenvalue weighted by Crippen LogP contribution is -2.53. The third-order valence-electron chi connectivity index (χ3n) is 5.02. The predicted molar refractivity (Wildman–Crippen MR) is 133 cm³/mol. The summed E-state index contributed by atoms with van der Waals surface area (Å²) in [5.41, 5.74) is 0.330. The second-order valence-corrected chi connectivity index (χ2v) is 10.9. The fourth-order valence-electron chi connectivity index (χ4n) is 3.39. The lowest BCUT2D eigenvalue weighted by molar-refractivity contribution is -0.140. The molecule has 0 aromatic heterocycles. The van der Waals surface area contributed by atoms with Crippen molar-refractivity contribution in [3.05, 3.63) is 63.6 Å². The zero-order valence-electron chi connectivity index (χ0n) is 19.7. The van der Waals surface area contributed by atoms with Crippen molar-refractivity contribution in [1.82, 2.24) is 10.2 Å². The predicted octanol–water partition coefficient (Wildman–Crippen LogP) is 4.37. The smallest absolute Gasteiger partial charge is 0.244 e. The Balaban J connectivity index is 2.48. The number of rotatable bonds is 10. The van der Waals surface area contributed by atoms with E-state index in [1.54, 1.807) is 39.0 Å². The molecular formula is C23H27Cl2F2N3O4S. The van der Waals surface area contributed by atoms with Gasteiger partial charge in [-0.3, -0.25) is 13.9 Å². The average molecular weight is 550 g/mol. The number of hydrogen-bond donors (Lipinski definition) is 1. The molecule has 2 aromatic rings. The molecule has 0 spiro atoms. The number of hydrogen-bond acceptors (Lipinski definition) is 4. The highest BCUT2D eigenvalue weighted by molar-refractivity contribution is 7.92. The third-order valence-corrected chi connectivity index (χ3v) is 6.90. The van der Waals surface area contributed by atoms with Gasteiger partial charge < -0.3 is 10.2 Å². The summed E-state index contributed by atoms with van der Waals surface area (Å²) in [5.74, 6) is -3.57. The van der Waals surface area contributed by atoms with Crippen LogP contribution in [0, 0.1) is 11.6 Å². The Kier molecular flexibility index (Phi) is 9.88. The monoisotopic (exact) mass is 549 g/mol. The molecule has 0 heterocycles. The zero-order valence-corrected chi connectivity index (χ0v) is 22.0. The number of carbonyl (C=O) groups excluding carboxylic acids is 2. The average Bonchev–Trinajstić information content (AvgIpc) is 2.75. The number of benzene rings is 2. The molecule has 0 aliphatic rings. The van der Waals surface area contributed by atoms with E-state index >= 15 is 0 Å². The quantitative estimate of drug-likeness (QED) is 0.476. The SMILES string of the molecule is CC[C@@H](C(=O)NC(C)C)N(Cc1ccc(Cl)c(Cl)c1)C(=O)CN(c1ccc(F)c(F)c1)S(C)(=O)=O. The van der Waals surface area contributed by atoms with Gasteiger partial charge >= 0.3 is 0 Å². The summed E-state index contributed by atoms with van der Waals surface area (Å²) in [6, 6.07) is 6.09. The van der Waals surface area contributed by atoms with Crippen LogP contribution in [0.15, 0.2) is 36.4 Å². The van der Waals surface area contributed by atoms with Crippen LogP contribution in [0.25, 0.3) is 0 Å². The van der Waals surface area contributed by atoms with Crippen molar-refractivity contribution < 1.29 is 26.8 Å². The molecule has 0 fully saturated rings. The zero-order chi connectivity index (χ0) is 26.5. The normalized spacial score (nSPS) is 12.4. The van der Waals surface area contributed by atoms with Crippen LogP contribution in [0.5, 0.6) is 0 Å². The molecule has 2 aromatic carbocycles. The second kappa shape index (κ2) is 12.0. The first-order valence-corrected chi connectivity index (χ1v) is 13.3. The van der Waals surface area contributed by atoms with Crippen LogP contribution in [0.4, 0.5) is 14.5 Å². The van der Waals surface area contributed by atoms with Gasteiger partial charge in [0.15, 0.2) is 11.6 Å². The molecule has 0 aliphatic heterocycles. The second-order valence-electron chi connectivity index (χ2n) is 8.23. The Hall–Kier alpha value is -2.43. The Morgan fingerprint density at radius 2 is 1.69 bits per heavy atom. The summed E-state index contributed by atoms with van der Waals surface area (Å²) in [4.78, 5) is 27.6. The van der Waals surface area contributed by atoms with Crippen molar-refractivity contribution in [3.8, 4) is 0 Å². The summed E-state index contributed by atoms with van der Waals surface area (Å²) < 4.78 is 52.8. The van der Waals surface area contributed by atoms with Gasteiger partial charge in [-0.25, -0.2) is 17.2 Å². The molecule has 7 nitrogen and oxygen atoms in total. The fourth-order valence-corrected chi connectivity index (χ4v) is 4.55. The van der Waals surface area contributed by atoms with Crippen LogP contribution in [-0.2, 0) is 26.2 Å². The molecule has 0 saturated carbocycles. The first-order valence-electron chi connectivity index (χ1n) is 10.7. The van der Waals surface area contributed by atoms with Crippen LogP contribution in [0.2, 0.25) is 10.0 Å². The molecule has 12 heteroatoms.